The van der Waals surface area contributed by atoms with Gasteiger partial charge in [0.1, 0.15) is 0 Å². The van der Waals surface area contributed by atoms with Crippen LogP contribution in [0.4, 0.5) is 0 Å². The van der Waals surface area contributed by atoms with Crippen LogP contribution in [0.5, 0.6) is 0 Å². The van der Waals surface area contributed by atoms with Gasteiger partial charge >= 0.3 is 5.97 Å². The molecule has 0 aromatic rings. The van der Waals surface area contributed by atoms with Crippen molar-refractivity contribution >= 4 is 5.97 Å². The number of hydrogen-bond acceptors (Lipinski definition) is 2. The summed E-state index contributed by atoms with van der Waals surface area (Å²) in [7, 11) is 0. The number of rotatable bonds is 0. The van der Waals surface area contributed by atoms with E-state index in [2.05, 4.69) is 12.2 Å². The molecule has 0 aromatic carbocycles. The Kier molecular flexibility index (Phi) is 8.71. The van der Waals surface area contributed by atoms with Gasteiger partial charge in [0.25, 0.3) is 0 Å². The van der Waals surface area contributed by atoms with Crippen LogP contribution >= 0.6 is 0 Å². The molecule has 0 aliphatic carbocycles. The zero-order chi connectivity index (χ0) is 12.2. The first-order chi connectivity index (χ1) is 8.39. The predicted molar refractivity (Wildman–Crippen MR) is 70.9 cm³/mol. The molecule has 0 unspecified atom stereocenters. The van der Waals surface area contributed by atoms with Crippen LogP contribution in [0.1, 0.15) is 70.6 Å². The van der Waals surface area contributed by atoms with Crippen molar-refractivity contribution in [3.8, 4) is 0 Å². The van der Waals surface area contributed by atoms with Gasteiger partial charge in [-0.25, -0.2) is 0 Å². The highest BCUT2D eigenvalue weighted by molar-refractivity contribution is 5.69. The molecule has 98 valence electrons. The first-order valence-corrected chi connectivity index (χ1v) is 7.20. The molecule has 0 aromatic heterocycles. The summed E-state index contributed by atoms with van der Waals surface area (Å²) in [4.78, 5) is 11.3. The normalized spacial score (nSPS) is 22.0. The fourth-order valence-electron chi connectivity index (χ4n) is 2.14. The van der Waals surface area contributed by atoms with Gasteiger partial charge in [0.15, 0.2) is 0 Å². The largest absolute Gasteiger partial charge is 0.465 e. The summed E-state index contributed by atoms with van der Waals surface area (Å²) in [6.07, 6.45) is 17.2. The molecule has 0 saturated carbocycles. The maximum atomic E-state index is 11.3. The van der Waals surface area contributed by atoms with Crippen LogP contribution in [0.2, 0.25) is 0 Å². The van der Waals surface area contributed by atoms with Crippen LogP contribution in [0.25, 0.3) is 0 Å². The van der Waals surface area contributed by atoms with Crippen LogP contribution in [0.15, 0.2) is 12.2 Å². The van der Waals surface area contributed by atoms with Crippen LogP contribution in [0, 0.1) is 0 Å². The predicted octanol–water partition coefficient (Wildman–Crippen LogP) is 4.39. The van der Waals surface area contributed by atoms with E-state index in [1.807, 2.05) is 0 Å². The summed E-state index contributed by atoms with van der Waals surface area (Å²) >= 11 is 0. The molecular weight excluding hydrogens is 212 g/mol. The van der Waals surface area contributed by atoms with Gasteiger partial charge in [-0.3, -0.25) is 4.79 Å². The van der Waals surface area contributed by atoms with Gasteiger partial charge in [-0.15, -0.1) is 0 Å². The lowest BCUT2D eigenvalue weighted by Gasteiger charge is -2.04. The molecule has 0 amide bonds. The van der Waals surface area contributed by atoms with Crippen molar-refractivity contribution in [2.24, 2.45) is 0 Å². The van der Waals surface area contributed by atoms with Gasteiger partial charge in [0, 0.05) is 6.42 Å². The minimum atomic E-state index is -0.0227. The third kappa shape index (κ3) is 8.96. The topological polar surface area (TPSA) is 26.3 Å². The number of esters is 1. The van der Waals surface area contributed by atoms with Gasteiger partial charge in [0.2, 0.25) is 0 Å². The molecule has 1 aliphatic rings. The minimum absolute atomic E-state index is 0.0227. The van der Waals surface area contributed by atoms with Crippen LogP contribution in [0.3, 0.4) is 0 Å². The van der Waals surface area contributed by atoms with Crippen LogP contribution in [-0.2, 0) is 9.53 Å². The first-order valence-electron chi connectivity index (χ1n) is 7.20. The molecule has 0 spiro atoms. The smallest absolute Gasteiger partial charge is 0.305 e. The van der Waals surface area contributed by atoms with E-state index in [4.69, 9.17) is 4.74 Å². The molecular formula is C15H26O2. The Morgan fingerprint density at radius 2 is 1.35 bits per heavy atom. The van der Waals surface area contributed by atoms with Gasteiger partial charge < -0.3 is 4.74 Å². The maximum absolute atomic E-state index is 11.3. The maximum Gasteiger partial charge on any atom is 0.305 e. The van der Waals surface area contributed by atoms with E-state index >= 15 is 0 Å². The van der Waals surface area contributed by atoms with Gasteiger partial charge in [0.05, 0.1) is 6.61 Å². The quantitative estimate of drug-likeness (QED) is 0.462. The fourth-order valence-corrected chi connectivity index (χ4v) is 2.14. The highest BCUT2D eigenvalue weighted by atomic mass is 16.5. The van der Waals surface area contributed by atoms with Crippen molar-refractivity contribution in [3.05, 3.63) is 12.2 Å². The lowest BCUT2D eigenvalue weighted by atomic mass is 10.1. The second-order valence-corrected chi connectivity index (χ2v) is 4.85. The van der Waals surface area contributed by atoms with Crippen molar-refractivity contribution in [3.63, 3.8) is 0 Å². The molecule has 0 radical (unpaired) electrons. The first kappa shape index (κ1) is 14.3. The Bertz CT molecular complexity index is 221. The third-order valence-electron chi connectivity index (χ3n) is 3.22. The Morgan fingerprint density at radius 3 is 2.12 bits per heavy atom. The number of hydrogen-bond donors (Lipinski definition) is 0. The SMILES string of the molecule is O=C1CCCCCCCCCCC=CCCO1. The standard InChI is InChI=1S/C15H26O2/c16-15-13-11-9-7-5-3-1-2-4-6-8-10-12-14-17-15/h8,10H,1-7,9,11-14H2. The Labute approximate surface area is 105 Å². The zero-order valence-corrected chi connectivity index (χ0v) is 11.0. The van der Waals surface area contributed by atoms with Crippen molar-refractivity contribution in [2.45, 2.75) is 70.6 Å². The fraction of sp³-hybridized carbons (Fsp3) is 0.800. The number of carbonyl (C=O) groups excluding carboxylic acids is 1. The Morgan fingerprint density at radius 1 is 0.765 bits per heavy atom. The van der Waals surface area contributed by atoms with E-state index in [-0.39, 0.29) is 5.97 Å². The van der Waals surface area contributed by atoms with E-state index in [1.165, 1.54) is 51.4 Å². The average Bonchev–Trinajstić information content (AvgIpc) is 2.32. The summed E-state index contributed by atoms with van der Waals surface area (Å²) < 4.78 is 5.15. The van der Waals surface area contributed by atoms with E-state index < -0.39 is 0 Å². The van der Waals surface area contributed by atoms with Gasteiger partial charge in [-0.2, -0.15) is 0 Å². The second kappa shape index (κ2) is 10.4. The number of allylic oxidation sites excluding steroid dienone is 1. The van der Waals surface area contributed by atoms with Crippen molar-refractivity contribution < 1.29 is 9.53 Å². The molecule has 0 bridgehead atoms. The lowest BCUT2D eigenvalue weighted by molar-refractivity contribution is -0.143. The molecule has 2 nitrogen and oxygen atoms in total. The zero-order valence-electron chi connectivity index (χ0n) is 11.0. The molecule has 0 atom stereocenters. The lowest BCUT2D eigenvalue weighted by Crippen LogP contribution is -2.05. The molecule has 0 saturated heterocycles. The van der Waals surface area contributed by atoms with Crippen LogP contribution in [-0.4, -0.2) is 12.6 Å². The Hall–Kier alpha value is -0.790. The third-order valence-corrected chi connectivity index (χ3v) is 3.22. The summed E-state index contributed by atoms with van der Waals surface area (Å²) in [6.45, 7) is 0.551. The summed E-state index contributed by atoms with van der Waals surface area (Å²) in [5.41, 5.74) is 0. The van der Waals surface area contributed by atoms with E-state index in [9.17, 15) is 4.79 Å². The van der Waals surface area contributed by atoms with Gasteiger partial charge in [-0.05, 0) is 25.7 Å². The van der Waals surface area contributed by atoms with Crippen LogP contribution < -0.4 is 0 Å². The summed E-state index contributed by atoms with van der Waals surface area (Å²) in [5.74, 6) is -0.0227. The second-order valence-electron chi connectivity index (χ2n) is 4.85. The Balaban J connectivity index is 2.19. The summed E-state index contributed by atoms with van der Waals surface area (Å²) in [6, 6.07) is 0. The number of cyclic esters (lactones) is 1. The van der Waals surface area contributed by atoms with Crippen molar-refractivity contribution in [1.82, 2.24) is 0 Å². The highest BCUT2D eigenvalue weighted by Gasteiger charge is 2.01. The van der Waals surface area contributed by atoms with Crippen molar-refractivity contribution in [2.75, 3.05) is 6.61 Å². The van der Waals surface area contributed by atoms with Crippen molar-refractivity contribution in [1.29, 1.82) is 0 Å². The molecule has 17 heavy (non-hydrogen) atoms. The number of ether oxygens (including phenoxy) is 1. The molecule has 1 aliphatic heterocycles. The van der Waals surface area contributed by atoms with Gasteiger partial charge in [-0.1, -0.05) is 50.7 Å². The monoisotopic (exact) mass is 238 g/mol. The highest BCUT2D eigenvalue weighted by Crippen LogP contribution is 2.11. The molecule has 2 heteroatoms. The average molecular weight is 238 g/mol. The molecule has 0 fully saturated rings. The minimum Gasteiger partial charge on any atom is -0.465 e. The van der Waals surface area contributed by atoms with E-state index in [0.29, 0.717) is 13.0 Å². The number of carbonyl (C=O) groups is 1. The molecule has 1 rings (SSSR count). The summed E-state index contributed by atoms with van der Waals surface area (Å²) in [5, 5.41) is 0. The molecule has 0 N–H and O–H groups in total. The van der Waals surface area contributed by atoms with E-state index in [0.717, 1.165) is 12.8 Å². The van der Waals surface area contributed by atoms with E-state index in [1.54, 1.807) is 0 Å². The molecule has 1 heterocycles.